The second-order valence-corrected chi connectivity index (χ2v) is 7.13. The van der Waals surface area contributed by atoms with Crippen molar-refractivity contribution in [3.05, 3.63) is 35.4 Å². The van der Waals surface area contributed by atoms with E-state index in [-0.39, 0.29) is 17.7 Å². The van der Waals surface area contributed by atoms with Gasteiger partial charge in [-0.2, -0.15) is 0 Å². The van der Waals surface area contributed by atoms with Gasteiger partial charge in [-0.3, -0.25) is 4.79 Å². The number of benzene rings is 1. The van der Waals surface area contributed by atoms with Crippen LogP contribution >= 0.6 is 0 Å². The summed E-state index contributed by atoms with van der Waals surface area (Å²) in [6.07, 6.45) is 1.35. The summed E-state index contributed by atoms with van der Waals surface area (Å²) in [6.45, 7) is 6.01. The first-order valence-corrected chi connectivity index (χ1v) is 8.82. The third kappa shape index (κ3) is 7.24. The summed E-state index contributed by atoms with van der Waals surface area (Å²) in [6, 6.07) is 7.13. The fourth-order valence-corrected chi connectivity index (χ4v) is 3.32. The average molecular weight is 312 g/mol. The van der Waals surface area contributed by atoms with Crippen molar-refractivity contribution in [3.8, 4) is 0 Å². The third-order valence-corrected chi connectivity index (χ3v) is 4.31. The van der Waals surface area contributed by atoms with Crippen LogP contribution in [0.15, 0.2) is 24.3 Å². The molecule has 0 saturated heterocycles. The maximum Gasteiger partial charge on any atom is 0.220 e. The van der Waals surface area contributed by atoms with E-state index in [0.29, 0.717) is 13.0 Å². The first kappa shape index (κ1) is 17.7. The van der Waals surface area contributed by atoms with Gasteiger partial charge in [0.2, 0.25) is 15.9 Å². The van der Waals surface area contributed by atoms with E-state index in [1.54, 1.807) is 26.0 Å². The summed E-state index contributed by atoms with van der Waals surface area (Å²) in [5, 5.41) is 2.82. The minimum atomic E-state index is -3.30. The number of amides is 1. The quantitative estimate of drug-likeness (QED) is 0.770. The molecule has 0 spiro atoms. The fraction of sp³-hybridized carbons (Fsp3) is 0.533. The number of rotatable bonds is 8. The second kappa shape index (κ2) is 8.14. The van der Waals surface area contributed by atoms with Crippen molar-refractivity contribution >= 4 is 15.9 Å². The lowest BCUT2D eigenvalue weighted by Gasteiger charge is -2.10. The number of carbonyl (C=O) groups excluding carboxylic acids is 1. The van der Waals surface area contributed by atoms with Gasteiger partial charge in [0.05, 0.1) is 5.75 Å². The lowest BCUT2D eigenvalue weighted by Crippen LogP contribution is -2.31. The van der Waals surface area contributed by atoms with Crippen LogP contribution in [-0.4, -0.2) is 20.4 Å². The zero-order valence-electron chi connectivity index (χ0n) is 12.8. The highest BCUT2D eigenvalue weighted by Crippen LogP contribution is 2.08. The summed E-state index contributed by atoms with van der Waals surface area (Å²) in [7, 11) is -3.30. The molecule has 1 aromatic rings. The topological polar surface area (TPSA) is 75.3 Å². The molecule has 0 unspecified atom stereocenters. The molecule has 0 heterocycles. The van der Waals surface area contributed by atoms with Gasteiger partial charge in [0, 0.05) is 19.0 Å². The molecule has 5 nitrogen and oxygen atoms in total. The van der Waals surface area contributed by atoms with E-state index in [2.05, 4.69) is 10.0 Å². The molecule has 1 amide bonds. The van der Waals surface area contributed by atoms with Gasteiger partial charge in [-0.05, 0) is 31.4 Å². The maximum absolute atomic E-state index is 11.8. The van der Waals surface area contributed by atoms with Crippen molar-refractivity contribution in [1.82, 2.24) is 10.0 Å². The first-order chi connectivity index (χ1) is 9.82. The van der Waals surface area contributed by atoms with Crippen molar-refractivity contribution < 1.29 is 13.2 Å². The number of hydrogen-bond donors (Lipinski definition) is 2. The Bertz CT molecular complexity index is 551. The van der Waals surface area contributed by atoms with E-state index >= 15 is 0 Å². The second-order valence-electron chi connectivity index (χ2n) is 5.37. The van der Waals surface area contributed by atoms with Gasteiger partial charge in [0.15, 0.2) is 0 Å². The van der Waals surface area contributed by atoms with E-state index < -0.39 is 10.0 Å². The number of carbonyl (C=O) groups is 1. The van der Waals surface area contributed by atoms with Crippen LogP contribution in [0.5, 0.6) is 0 Å². The average Bonchev–Trinajstić information content (AvgIpc) is 2.36. The normalized spacial score (nSPS) is 11.6. The molecular weight excluding hydrogens is 288 g/mol. The molecule has 1 aromatic carbocycles. The smallest absolute Gasteiger partial charge is 0.220 e. The summed E-state index contributed by atoms with van der Waals surface area (Å²) >= 11 is 0. The van der Waals surface area contributed by atoms with Gasteiger partial charge in [-0.1, -0.05) is 31.2 Å². The van der Waals surface area contributed by atoms with E-state index in [1.807, 2.05) is 19.1 Å². The minimum Gasteiger partial charge on any atom is -0.352 e. The Kier molecular flexibility index (Phi) is 6.84. The monoisotopic (exact) mass is 312 g/mol. The first-order valence-electron chi connectivity index (χ1n) is 7.17. The zero-order chi connectivity index (χ0) is 15.9. The zero-order valence-corrected chi connectivity index (χ0v) is 13.7. The SMILES string of the molecule is CCCC(=O)NCc1ccc(CS(=O)(=O)NC(C)C)cc1. The Balaban J connectivity index is 2.56. The molecule has 2 N–H and O–H groups in total. The summed E-state index contributed by atoms with van der Waals surface area (Å²) < 4.78 is 26.2. The number of sulfonamides is 1. The minimum absolute atomic E-state index is 0.0327. The van der Waals surface area contributed by atoms with Crippen LogP contribution in [0.2, 0.25) is 0 Å². The van der Waals surface area contributed by atoms with Crippen molar-refractivity contribution in [3.63, 3.8) is 0 Å². The Morgan fingerprint density at radius 3 is 2.24 bits per heavy atom. The van der Waals surface area contributed by atoms with Gasteiger partial charge in [-0.25, -0.2) is 13.1 Å². The molecule has 0 fully saturated rings. The van der Waals surface area contributed by atoms with E-state index in [0.717, 1.165) is 17.5 Å². The predicted octanol–water partition coefficient (Wildman–Crippen LogP) is 1.93. The van der Waals surface area contributed by atoms with Crippen LogP contribution < -0.4 is 10.0 Å². The summed E-state index contributed by atoms with van der Waals surface area (Å²) in [4.78, 5) is 11.4. The lowest BCUT2D eigenvalue weighted by molar-refractivity contribution is -0.121. The van der Waals surface area contributed by atoms with Crippen LogP contribution in [0.4, 0.5) is 0 Å². The highest BCUT2D eigenvalue weighted by Gasteiger charge is 2.12. The van der Waals surface area contributed by atoms with Gasteiger partial charge in [-0.15, -0.1) is 0 Å². The molecule has 0 aliphatic rings. The molecule has 6 heteroatoms. The van der Waals surface area contributed by atoms with Gasteiger partial charge in [0.1, 0.15) is 0 Å². The van der Waals surface area contributed by atoms with Crippen molar-refractivity contribution in [1.29, 1.82) is 0 Å². The molecule has 0 bridgehead atoms. The van der Waals surface area contributed by atoms with Crippen molar-refractivity contribution in [2.75, 3.05) is 0 Å². The van der Waals surface area contributed by atoms with Crippen LogP contribution in [0.25, 0.3) is 0 Å². The fourth-order valence-electron chi connectivity index (χ4n) is 1.89. The number of hydrogen-bond acceptors (Lipinski definition) is 3. The molecule has 118 valence electrons. The number of nitrogens with one attached hydrogen (secondary N) is 2. The van der Waals surface area contributed by atoms with E-state index in [1.165, 1.54) is 0 Å². The maximum atomic E-state index is 11.8. The molecule has 0 aliphatic heterocycles. The van der Waals surface area contributed by atoms with Crippen LogP contribution in [0.3, 0.4) is 0 Å². The molecule has 0 aliphatic carbocycles. The molecular formula is C15H24N2O3S. The Morgan fingerprint density at radius 1 is 1.14 bits per heavy atom. The lowest BCUT2D eigenvalue weighted by atomic mass is 10.1. The largest absolute Gasteiger partial charge is 0.352 e. The van der Waals surface area contributed by atoms with E-state index in [4.69, 9.17) is 0 Å². The molecule has 0 atom stereocenters. The third-order valence-electron chi connectivity index (χ3n) is 2.76. The molecule has 1 rings (SSSR count). The summed E-state index contributed by atoms with van der Waals surface area (Å²) in [5.74, 6) is -0.00140. The van der Waals surface area contributed by atoms with Gasteiger partial charge in [0.25, 0.3) is 0 Å². The van der Waals surface area contributed by atoms with Crippen molar-refractivity contribution in [2.45, 2.75) is 52.0 Å². The summed E-state index contributed by atoms with van der Waals surface area (Å²) in [5.41, 5.74) is 1.68. The van der Waals surface area contributed by atoms with Gasteiger partial charge < -0.3 is 5.32 Å². The Morgan fingerprint density at radius 2 is 1.71 bits per heavy atom. The van der Waals surface area contributed by atoms with E-state index in [9.17, 15) is 13.2 Å². The standard InChI is InChI=1S/C15H24N2O3S/c1-4-5-15(18)16-10-13-6-8-14(9-7-13)11-21(19,20)17-12(2)3/h6-9,12,17H,4-5,10-11H2,1-3H3,(H,16,18). The van der Waals surface area contributed by atoms with Crippen molar-refractivity contribution in [2.24, 2.45) is 0 Å². The highest BCUT2D eigenvalue weighted by atomic mass is 32.2. The molecule has 0 saturated carbocycles. The van der Waals surface area contributed by atoms with Crippen LogP contribution in [-0.2, 0) is 27.1 Å². The predicted molar refractivity (Wildman–Crippen MR) is 84.1 cm³/mol. The van der Waals surface area contributed by atoms with Crippen LogP contribution in [0, 0.1) is 0 Å². The van der Waals surface area contributed by atoms with Gasteiger partial charge >= 0.3 is 0 Å². The molecule has 0 aromatic heterocycles. The highest BCUT2D eigenvalue weighted by molar-refractivity contribution is 7.88. The van der Waals surface area contributed by atoms with Crippen LogP contribution in [0.1, 0.15) is 44.7 Å². The Hall–Kier alpha value is -1.40. The Labute approximate surface area is 127 Å². The molecule has 0 radical (unpaired) electrons. The molecule has 21 heavy (non-hydrogen) atoms.